The van der Waals surface area contributed by atoms with Crippen LogP contribution < -0.4 is 5.73 Å². The molecule has 1 aromatic heterocycles. The number of carbonyl (C=O) groups is 1. The highest BCUT2D eigenvalue weighted by atomic mass is 16.4. The molecule has 0 bridgehead atoms. The van der Waals surface area contributed by atoms with E-state index in [1.54, 1.807) is 6.07 Å². The Hall–Kier alpha value is -2.23. The summed E-state index contributed by atoms with van der Waals surface area (Å²) in [5, 5.41) is 0. The Morgan fingerprint density at radius 1 is 1.32 bits per heavy atom. The molecule has 1 fully saturated rings. The zero-order valence-corrected chi connectivity index (χ0v) is 13.1. The second-order valence-electron chi connectivity index (χ2n) is 6.24. The summed E-state index contributed by atoms with van der Waals surface area (Å²) in [5.41, 5.74) is 8.52. The first-order valence-corrected chi connectivity index (χ1v) is 7.80. The quantitative estimate of drug-likeness (QED) is 0.860. The third kappa shape index (κ3) is 2.86. The van der Waals surface area contributed by atoms with Crippen LogP contribution in [0.2, 0.25) is 0 Å². The van der Waals surface area contributed by atoms with Crippen molar-refractivity contribution in [1.29, 1.82) is 0 Å². The maximum Gasteiger partial charge on any atom is 0.289 e. The molecule has 1 aromatic carbocycles. The lowest BCUT2D eigenvalue weighted by molar-refractivity contribution is 0.0652. The normalized spacial score (nSPS) is 18.5. The lowest BCUT2D eigenvalue weighted by Gasteiger charge is -2.30. The molecule has 2 N–H and O–H groups in total. The molecule has 4 nitrogen and oxygen atoms in total. The van der Waals surface area contributed by atoms with Crippen molar-refractivity contribution in [2.45, 2.75) is 26.7 Å². The van der Waals surface area contributed by atoms with E-state index in [0.717, 1.165) is 36.3 Å². The molecule has 0 unspecified atom stereocenters. The summed E-state index contributed by atoms with van der Waals surface area (Å²) in [4.78, 5) is 14.4. The minimum Gasteiger partial charge on any atom is -0.451 e. The average molecular weight is 298 g/mol. The van der Waals surface area contributed by atoms with Gasteiger partial charge in [0.15, 0.2) is 5.76 Å². The van der Waals surface area contributed by atoms with Crippen LogP contribution in [0.25, 0.3) is 11.3 Å². The van der Waals surface area contributed by atoms with Gasteiger partial charge in [0.25, 0.3) is 5.91 Å². The number of likely N-dealkylation sites (tertiary alicyclic amines) is 1. The van der Waals surface area contributed by atoms with E-state index in [-0.39, 0.29) is 5.91 Å². The molecule has 3 rings (SSSR count). The van der Waals surface area contributed by atoms with Crippen LogP contribution in [-0.2, 0) is 0 Å². The predicted octanol–water partition coefficient (Wildman–Crippen LogP) is 3.71. The Kier molecular flexibility index (Phi) is 3.92. The van der Waals surface area contributed by atoms with Crippen LogP contribution >= 0.6 is 0 Å². The number of piperidine rings is 1. The Labute approximate surface area is 130 Å². The Balaban J connectivity index is 1.82. The fourth-order valence-electron chi connectivity index (χ4n) is 3.09. The van der Waals surface area contributed by atoms with Crippen LogP contribution in [-0.4, -0.2) is 23.9 Å². The summed E-state index contributed by atoms with van der Waals surface area (Å²) in [7, 11) is 0. The fourth-order valence-corrected chi connectivity index (χ4v) is 3.09. The standard InChI is InChI=1S/C18H22N2O2/c1-12-4-3-9-20(11-12)18(21)17-8-7-16(22-17)15-6-5-14(19)10-13(15)2/h5-8,10,12H,3-4,9,11,19H2,1-2H3/t12-/m1/s1. The number of amides is 1. The van der Waals surface area contributed by atoms with Crippen molar-refractivity contribution in [3.63, 3.8) is 0 Å². The van der Waals surface area contributed by atoms with Gasteiger partial charge in [-0.15, -0.1) is 0 Å². The molecule has 116 valence electrons. The van der Waals surface area contributed by atoms with Gasteiger partial charge in [0.2, 0.25) is 0 Å². The van der Waals surface area contributed by atoms with Crippen molar-refractivity contribution >= 4 is 11.6 Å². The first-order chi connectivity index (χ1) is 10.5. The minimum absolute atomic E-state index is 0.00843. The maximum absolute atomic E-state index is 12.5. The summed E-state index contributed by atoms with van der Waals surface area (Å²) < 4.78 is 5.81. The fraction of sp³-hybridized carbons (Fsp3) is 0.389. The Morgan fingerprint density at radius 3 is 2.86 bits per heavy atom. The topological polar surface area (TPSA) is 59.5 Å². The third-order valence-corrected chi connectivity index (χ3v) is 4.28. The van der Waals surface area contributed by atoms with E-state index in [9.17, 15) is 4.79 Å². The van der Waals surface area contributed by atoms with Crippen molar-refractivity contribution in [2.24, 2.45) is 5.92 Å². The van der Waals surface area contributed by atoms with Gasteiger partial charge in [-0.2, -0.15) is 0 Å². The molecule has 0 aliphatic carbocycles. The van der Waals surface area contributed by atoms with E-state index < -0.39 is 0 Å². The smallest absolute Gasteiger partial charge is 0.289 e. The highest BCUT2D eigenvalue weighted by Crippen LogP contribution is 2.28. The SMILES string of the molecule is Cc1cc(N)ccc1-c1ccc(C(=O)N2CCC[C@@H](C)C2)o1. The van der Waals surface area contributed by atoms with Crippen LogP contribution in [0.1, 0.15) is 35.9 Å². The molecule has 0 saturated carbocycles. The molecule has 0 radical (unpaired) electrons. The van der Waals surface area contributed by atoms with Crippen LogP contribution in [0.4, 0.5) is 5.69 Å². The first kappa shape index (κ1) is 14.7. The van der Waals surface area contributed by atoms with Crippen LogP contribution in [0.15, 0.2) is 34.7 Å². The van der Waals surface area contributed by atoms with Gasteiger partial charge in [-0.25, -0.2) is 0 Å². The number of benzene rings is 1. The molecule has 4 heteroatoms. The number of nitrogens with two attached hydrogens (primary N) is 1. The van der Waals surface area contributed by atoms with E-state index in [1.165, 1.54) is 6.42 Å². The first-order valence-electron chi connectivity index (χ1n) is 7.80. The summed E-state index contributed by atoms with van der Waals surface area (Å²) in [6.45, 7) is 5.81. The van der Waals surface area contributed by atoms with Crippen molar-refractivity contribution < 1.29 is 9.21 Å². The molecule has 0 spiro atoms. The predicted molar refractivity (Wildman–Crippen MR) is 87.6 cm³/mol. The van der Waals surface area contributed by atoms with E-state index in [2.05, 4.69) is 6.92 Å². The number of aryl methyl sites for hydroxylation is 1. The number of hydrogen-bond acceptors (Lipinski definition) is 3. The summed E-state index contributed by atoms with van der Waals surface area (Å²) >= 11 is 0. The lowest BCUT2D eigenvalue weighted by atomic mass is 10.0. The van der Waals surface area contributed by atoms with Crippen molar-refractivity contribution in [1.82, 2.24) is 4.90 Å². The summed E-state index contributed by atoms with van der Waals surface area (Å²) in [6.07, 6.45) is 2.26. The Bertz CT molecular complexity index is 690. The Morgan fingerprint density at radius 2 is 2.14 bits per heavy atom. The van der Waals surface area contributed by atoms with E-state index >= 15 is 0 Å². The monoisotopic (exact) mass is 298 g/mol. The van der Waals surface area contributed by atoms with Crippen molar-refractivity contribution in [2.75, 3.05) is 18.8 Å². The molecule has 1 amide bonds. The van der Waals surface area contributed by atoms with Gasteiger partial charge < -0.3 is 15.1 Å². The molecule has 1 saturated heterocycles. The van der Waals surface area contributed by atoms with Gasteiger partial charge in [0, 0.05) is 24.3 Å². The molecule has 1 aliphatic heterocycles. The molecule has 1 atom stereocenters. The number of rotatable bonds is 2. The summed E-state index contributed by atoms with van der Waals surface area (Å²) in [5.74, 6) is 1.68. The molecular weight excluding hydrogens is 276 g/mol. The lowest BCUT2D eigenvalue weighted by Crippen LogP contribution is -2.38. The van der Waals surface area contributed by atoms with Crippen molar-refractivity contribution in [3.8, 4) is 11.3 Å². The summed E-state index contributed by atoms with van der Waals surface area (Å²) in [6, 6.07) is 9.32. The van der Waals surface area contributed by atoms with E-state index in [4.69, 9.17) is 10.2 Å². The van der Waals surface area contributed by atoms with Gasteiger partial charge in [-0.1, -0.05) is 6.92 Å². The number of nitrogen functional groups attached to an aromatic ring is 1. The van der Waals surface area contributed by atoms with E-state index in [0.29, 0.717) is 17.4 Å². The van der Waals surface area contributed by atoms with Crippen LogP contribution in [0.3, 0.4) is 0 Å². The minimum atomic E-state index is -0.00843. The maximum atomic E-state index is 12.5. The zero-order chi connectivity index (χ0) is 15.7. The molecule has 1 aliphatic rings. The highest BCUT2D eigenvalue weighted by Gasteiger charge is 2.24. The number of furan rings is 1. The van der Waals surface area contributed by atoms with Gasteiger partial charge in [-0.05, 0) is 61.6 Å². The van der Waals surface area contributed by atoms with Gasteiger partial charge in [0.1, 0.15) is 5.76 Å². The molecule has 22 heavy (non-hydrogen) atoms. The van der Waals surface area contributed by atoms with Gasteiger partial charge in [0.05, 0.1) is 0 Å². The number of nitrogens with zero attached hydrogens (tertiary/aromatic N) is 1. The second kappa shape index (κ2) is 5.87. The average Bonchev–Trinajstić information content (AvgIpc) is 2.96. The van der Waals surface area contributed by atoms with Gasteiger partial charge >= 0.3 is 0 Å². The molecular formula is C18H22N2O2. The second-order valence-corrected chi connectivity index (χ2v) is 6.24. The number of anilines is 1. The highest BCUT2D eigenvalue weighted by molar-refractivity contribution is 5.92. The number of hydrogen-bond donors (Lipinski definition) is 1. The van der Waals surface area contributed by atoms with Gasteiger partial charge in [-0.3, -0.25) is 4.79 Å². The zero-order valence-electron chi connectivity index (χ0n) is 13.1. The molecule has 2 heterocycles. The number of carbonyl (C=O) groups excluding carboxylic acids is 1. The third-order valence-electron chi connectivity index (χ3n) is 4.28. The van der Waals surface area contributed by atoms with E-state index in [1.807, 2.05) is 36.1 Å². The van der Waals surface area contributed by atoms with Crippen LogP contribution in [0.5, 0.6) is 0 Å². The van der Waals surface area contributed by atoms with Crippen molar-refractivity contribution in [3.05, 3.63) is 41.7 Å². The molecule has 2 aromatic rings. The largest absolute Gasteiger partial charge is 0.451 e. The van der Waals surface area contributed by atoms with Crippen LogP contribution in [0, 0.1) is 12.8 Å².